The molecule has 4 rings (SSSR count). The summed E-state index contributed by atoms with van der Waals surface area (Å²) in [5.41, 5.74) is 0.470. The van der Waals surface area contributed by atoms with E-state index in [2.05, 4.69) is 10.4 Å². The van der Waals surface area contributed by atoms with Crippen molar-refractivity contribution in [3.63, 3.8) is 0 Å². The Labute approximate surface area is 192 Å². The molecule has 10 heteroatoms. The number of rotatable bonds is 5. The third-order valence-corrected chi connectivity index (χ3v) is 5.22. The number of carbonyl (C=O) groups excluding carboxylic acids is 1. The van der Waals surface area contributed by atoms with Crippen molar-refractivity contribution < 1.29 is 18.0 Å². The van der Waals surface area contributed by atoms with Crippen LogP contribution in [0, 0.1) is 0 Å². The molecule has 0 spiro atoms. The molecule has 34 heavy (non-hydrogen) atoms. The highest BCUT2D eigenvalue weighted by Gasteiger charge is 2.30. The molecule has 1 amide bonds. The summed E-state index contributed by atoms with van der Waals surface area (Å²) in [6.07, 6.45) is 0.249. The Kier molecular flexibility index (Phi) is 6.01. The first-order valence-corrected chi connectivity index (χ1v) is 10.4. The predicted octanol–water partition coefficient (Wildman–Crippen LogP) is 3.95. The van der Waals surface area contributed by atoms with Gasteiger partial charge in [-0.25, -0.2) is 0 Å². The lowest BCUT2D eigenvalue weighted by Crippen LogP contribution is -2.19. The summed E-state index contributed by atoms with van der Waals surface area (Å²) in [6, 6.07) is 9.37. The number of nitrogens with zero attached hydrogens (tertiary/aromatic N) is 4. The number of anilines is 1. The number of benzene rings is 2. The fourth-order valence-electron chi connectivity index (χ4n) is 3.68. The van der Waals surface area contributed by atoms with Crippen LogP contribution in [0.25, 0.3) is 27.5 Å². The van der Waals surface area contributed by atoms with Crippen LogP contribution in [-0.4, -0.2) is 45.8 Å². The van der Waals surface area contributed by atoms with Crippen molar-refractivity contribution in [3.05, 3.63) is 76.7 Å². The summed E-state index contributed by atoms with van der Waals surface area (Å²) >= 11 is 0. The molecule has 2 heterocycles. The van der Waals surface area contributed by atoms with Crippen LogP contribution in [0.15, 0.2) is 65.6 Å². The molecule has 0 unspecified atom stereocenters. The number of amides is 1. The lowest BCUT2D eigenvalue weighted by molar-refractivity contribution is -0.137. The number of hydrogen-bond donors (Lipinski definition) is 1. The third-order valence-electron chi connectivity index (χ3n) is 5.22. The molecule has 0 saturated heterocycles. The molecule has 4 aromatic rings. The van der Waals surface area contributed by atoms with Gasteiger partial charge in [-0.3, -0.25) is 18.8 Å². The lowest BCUT2D eigenvalue weighted by atomic mass is 10.1. The topological polar surface area (TPSA) is 72.2 Å². The Balaban J connectivity index is 1.84. The highest BCUT2D eigenvalue weighted by atomic mass is 19.4. The number of alkyl halides is 3. The molecule has 0 saturated carbocycles. The number of nitrogens with one attached hydrogen (secondary N) is 1. The molecule has 1 N–H and O–H groups in total. The van der Waals surface area contributed by atoms with Gasteiger partial charge in [0.05, 0.1) is 16.5 Å². The van der Waals surface area contributed by atoms with Crippen molar-refractivity contribution in [1.29, 1.82) is 0 Å². The van der Waals surface area contributed by atoms with Crippen LogP contribution in [-0.2, 0) is 18.0 Å². The van der Waals surface area contributed by atoms with E-state index in [1.807, 2.05) is 19.0 Å². The Morgan fingerprint density at radius 2 is 1.82 bits per heavy atom. The Morgan fingerprint density at radius 3 is 2.47 bits per heavy atom. The van der Waals surface area contributed by atoms with E-state index < -0.39 is 17.3 Å². The minimum absolute atomic E-state index is 0.289. The van der Waals surface area contributed by atoms with Crippen LogP contribution in [0.4, 0.5) is 18.9 Å². The first-order valence-electron chi connectivity index (χ1n) is 10.4. The number of pyridine rings is 1. The molecular formula is C24H22F3N5O2. The van der Waals surface area contributed by atoms with E-state index >= 15 is 0 Å². The molecule has 0 aliphatic carbocycles. The molecule has 2 aromatic carbocycles. The monoisotopic (exact) mass is 469 g/mol. The lowest BCUT2D eigenvalue weighted by Gasteiger charge is -2.14. The fourth-order valence-corrected chi connectivity index (χ4v) is 3.68. The summed E-state index contributed by atoms with van der Waals surface area (Å²) in [5.74, 6) is -0.311. The summed E-state index contributed by atoms with van der Waals surface area (Å²) in [6.45, 7) is 0.610. The van der Waals surface area contributed by atoms with E-state index in [0.29, 0.717) is 34.0 Å². The molecule has 7 nitrogen and oxygen atoms in total. The minimum Gasteiger partial charge on any atom is -0.322 e. The number of hydrogen-bond acceptors (Lipinski definition) is 4. The smallest absolute Gasteiger partial charge is 0.322 e. The maximum absolute atomic E-state index is 13.3. The van der Waals surface area contributed by atoms with Gasteiger partial charge in [0.1, 0.15) is 5.52 Å². The highest BCUT2D eigenvalue weighted by molar-refractivity contribution is 6.07. The molecule has 0 aliphatic rings. The zero-order valence-corrected chi connectivity index (χ0v) is 18.7. The van der Waals surface area contributed by atoms with E-state index in [9.17, 15) is 22.8 Å². The normalized spacial score (nSPS) is 12.3. The zero-order chi connectivity index (χ0) is 24.6. The summed E-state index contributed by atoms with van der Waals surface area (Å²) in [4.78, 5) is 27.5. The summed E-state index contributed by atoms with van der Waals surface area (Å²) in [5, 5.41) is 8.06. The molecule has 0 atom stereocenters. The van der Waals surface area contributed by atoms with E-state index in [0.717, 1.165) is 12.1 Å². The van der Waals surface area contributed by atoms with Crippen molar-refractivity contribution in [2.45, 2.75) is 6.18 Å². The summed E-state index contributed by atoms with van der Waals surface area (Å²) < 4.78 is 41.9. The molecule has 0 radical (unpaired) electrons. The van der Waals surface area contributed by atoms with Crippen LogP contribution in [0.3, 0.4) is 0 Å². The minimum atomic E-state index is -4.48. The van der Waals surface area contributed by atoms with E-state index in [1.54, 1.807) is 37.5 Å². The van der Waals surface area contributed by atoms with Gasteiger partial charge in [-0.2, -0.15) is 18.3 Å². The Morgan fingerprint density at radius 1 is 1.12 bits per heavy atom. The van der Waals surface area contributed by atoms with Gasteiger partial charge in [-0.15, -0.1) is 0 Å². The van der Waals surface area contributed by atoms with Crippen molar-refractivity contribution in [2.24, 2.45) is 7.05 Å². The predicted molar refractivity (Wildman–Crippen MR) is 125 cm³/mol. The highest BCUT2D eigenvalue weighted by Crippen LogP contribution is 2.31. The Bertz CT molecular complexity index is 1460. The quantitative estimate of drug-likeness (QED) is 0.450. The largest absolute Gasteiger partial charge is 0.416 e. The van der Waals surface area contributed by atoms with Crippen molar-refractivity contribution in [1.82, 2.24) is 19.2 Å². The van der Waals surface area contributed by atoms with Gasteiger partial charge in [-0.1, -0.05) is 6.08 Å². The van der Waals surface area contributed by atoms with Gasteiger partial charge in [0, 0.05) is 42.6 Å². The fraction of sp³-hybridized carbons (Fsp3) is 0.208. The molecule has 0 aliphatic heterocycles. The molecule has 176 valence electrons. The number of likely N-dealkylation sites (N-methyl/N-ethyl adjacent to an activating group) is 1. The molecule has 2 aromatic heterocycles. The second-order valence-electron chi connectivity index (χ2n) is 8.14. The van der Waals surface area contributed by atoms with Crippen LogP contribution in [0.5, 0.6) is 0 Å². The average Bonchev–Trinajstić information content (AvgIpc) is 3.16. The van der Waals surface area contributed by atoms with E-state index in [-0.39, 0.29) is 11.6 Å². The molecule has 0 fully saturated rings. The number of halogens is 3. The van der Waals surface area contributed by atoms with Gasteiger partial charge in [0.2, 0.25) is 5.91 Å². The van der Waals surface area contributed by atoms with Gasteiger partial charge in [-0.05, 0) is 56.6 Å². The second-order valence-corrected chi connectivity index (χ2v) is 8.14. The van der Waals surface area contributed by atoms with Crippen LogP contribution < -0.4 is 10.9 Å². The van der Waals surface area contributed by atoms with Crippen molar-refractivity contribution in [2.75, 3.05) is 26.0 Å². The number of fused-ring (bicyclic) bond motifs is 3. The van der Waals surface area contributed by atoms with Gasteiger partial charge in [0.25, 0.3) is 5.56 Å². The average molecular weight is 469 g/mol. The van der Waals surface area contributed by atoms with Gasteiger partial charge >= 0.3 is 6.18 Å². The number of aryl methyl sites for hydroxylation is 1. The molecule has 0 bridgehead atoms. The van der Waals surface area contributed by atoms with Gasteiger partial charge < -0.3 is 10.2 Å². The van der Waals surface area contributed by atoms with Crippen molar-refractivity contribution >= 4 is 33.4 Å². The maximum Gasteiger partial charge on any atom is 0.416 e. The van der Waals surface area contributed by atoms with Gasteiger partial charge in [0.15, 0.2) is 0 Å². The molecular weight excluding hydrogens is 447 g/mol. The van der Waals surface area contributed by atoms with Crippen LogP contribution in [0.2, 0.25) is 0 Å². The second kappa shape index (κ2) is 8.79. The Hall–Kier alpha value is -3.92. The number of carbonyl (C=O) groups is 1. The first kappa shape index (κ1) is 23.2. The van der Waals surface area contributed by atoms with Crippen molar-refractivity contribution in [3.8, 4) is 5.69 Å². The number of aromatic nitrogens is 3. The maximum atomic E-state index is 13.3. The SMILES string of the molecule is CN(C)C/C=C/C(=O)Nc1ccc2c(c1)c1nn(C)cc1c(=O)n2-c1ccc(C(F)(F)F)cc1. The standard InChI is InChI=1S/C24H22F3N5O2/c1-30(2)12-4-5-21(33)28-16-8-11-20-18(13-16)22-19(14-31(3)29-22)23(34)32(20)17-9-6-15(7-10-17)24(25,26)27/h4-11,13-14H,12H2,1-3H3,(H,28,33)/b5-4+. The third kappa shape index (κ3) is 4.58. The van der Waals surface area contributed by atoms with E-state index in [4.69, 9.17) is 0 Å². The van der Waals surface area contributed by atoms with Crippen LogP contribution in [0.1, 0.15) is 5.56 Å². The first-order chi connectivity index (χ1) is 16.0. The van der Waals surface area contributed by atoms with E-state index in [1.165, 1.54) is 27.5 Å². The zero-order valence-electron chi connectivity index (χ0n) is 18.7. The van der Waals surface area contributed by atoms with Crippen LogP contribution >= 0.6 is 0 Å². The summed E-state index contributed by atoms with van der Waals surface area (Å²) in [7, 11) is 5.45.